The Labute approximate surface area is 117 Å². The van der Waals surface area contributed by atoms with Gasteiger partial charge in [-0.2, -0.15) is 5.10 Å². The Balaban J connectivity index is 2.00. The van der Waals surface area contributed by atoms with Gasteiger partial charge in [0, 0.05) is 12.2 Å². The van der Waals surface area contributed by atoms with Gasteiger partial charge in [0.15, 0.2) is 5.69 Å². The fourth-order valence-corrected chi connectivity index (χ4v) is 2.67. The van der Waals surface area contributed by atoms with E-state index in [0.717, 1.165) is 24.2 Å². The summed E-state index contributed by atoms with van der Waals surface area (Å²) < 4.78 is 0. The third-order valence-corrected chi connectivity index (χ3v) is 3.80. The molecule has 3 N–H and O–H groups in total. The second-order valence-corrected chi connectivity index (χ2v) is 5.30. The minimum absolute atomic E-state index is 0.128. The van der Waals surface area contributed by atoms with E-state index in [9.17, 15) is 4.79 Å². The van der Waals surface area contributed by atoms with E-state index in [1.807, 2.05) is 19.1 Å². The highest BCUT2D eigenvalue weighted by Crippen LogP contribution is 2.30. The van der Waals surface area contributed by atoms with Gasteiger partial charge < -0.3 is 10.6 Å². The molecule has 0 radical (unpaired) electrons. The summed E-state index contributed by atoms with van der Waals surface area (Å²) in [7, 11) is 0. The lowest BCUT2D eigenvalue weighted by Crippen LogP contribution is -2.36. The first kappa shape index (κ1) is 12.7. The highest BCUT2D eigenvalue weighted by atomic mass is 16.2. The van der Waals surface area contributed by atoms with E-state index < -0.39 is 0 Å². The van der Waals surface area contributed by atoms with Crippen molar-refractivity contribution in [2.45, 2.75) is 26.7 Å². The van der Waals surface area contributed by atoms with Gasteiger partial charge in [-0.25, -0.2) is 0 Å². The number of amides is 1. The van der Waals surface area contributed by atoms with Crippen molar-refractivity contribution in [1.29, 1.82) is 0 Å². The summed E-state index contributed by atoms with van der Waals surface area (Å²) in [6.45, 7) is 4.59. The van der Waals surface area contributed by atoms with Crippen LogP contribution in [0.15, 0.2) is 18.2 Å². The number of hydrogen-bond acceptors (Lipinski definition) is 3. The van der Waals surface area contributed by atoms with Crippen LogP contribution in [0.3, 0.4) is 0 Å². The molecule has 0 spiro atoms. The molecule has 0 saturated heterocycles. The number of benzene rings is 1. The molecule has 5 nitrogen and oxygen atoms in total. The summed E-state index contributed by atoms with van der Waals surface area (Å²) in [5.74, 6) is -0.128. The Morgan fingerprint density at radius 2 is 2.20 bits per heavy atom. The van der Waals surface area contributed by atoms with E-state index in [2.05, 4.69) is 23.2 Å². The van der Waals surface area contributed by atoms with Crippen molar-refractivity contribution in [1.82, 2.24) is 10.2 Å². The summed E-state index contributed by atoms with van der Waals surface area (Å²) in [6.07, 6.45) is 1.97. The first-order chi connectivity index (χ1) is 9.58. The van der Waals surface area contributed by atoms with Gasteiger partial charge in [0.1, 0.15) is 0 Å². The molecule has 0 fully saturated rings. The topological polar surface area (TPSA) is 75.0 Å². The number of nitrogens with zero attached hydrogens (tertiary/aromatic N) is 2. The number of nitrogens with two attached hydrogens (primary N) is 1. The maximum absolute atomic E-state index is 12.6. The molecule has 1 aliphatic heterocycles. The lowest BCUT2D eigenvalue weighted by Gasteiger charge is -2.29. The van der Waals surface area contributed by atoms with Crippen LogP contribution in [0.5, 0.6) is 0 Å². The third-order valence-electron chi connectivity index (χ3n) is 3.80. The number of aromatic amines is 1. The number of fused-ring (bicyclic) bond motifs is 1. The molecule has 1 aromatic heterocycles. The number of nitrogen functional groups attached to an aromatic ring is 1. The SMILES string of the molecule is Cc1ccc2c(c1)CCCN2C(=O)c1n[nH]c(C)c1N. The summed E-state index contributed by atoms with van der Waals surface area (Å²) >= 11 is 0. The fraction of sp³-hybridized carbons (Fsp3) is 0.333. The number of carbonyl (C=O) groups excluding carboxylic acids is 1. The van der Waals surface area contributed by atoms with E-state index in [0.29, 0.717) is 17.9 Å². The molecule has 20 heavy (non-hydrogen) atoms. The van der Waals surface area contributed by atoms with E-state index in [1.165, 1.54) is 11.1 Å². The molecule has 3 rings (SSSR count). The minimum atomic E-state index is -0.128. The van der Waals surface area contributed by atoms with Gasteiger partial charge in [-0.1, -0.05) is 17.7 Å². The summed E-state index contributed by atoms with van der Waals surface area (Å²) in [5.41, 5.74) is 10.8. The van der Waals surface area contributed by atoms with Crippen LogP contribution in [0.1, 0.15) is 33.7 Å². The first-order valence-corrected chi connectivity index (χ1v) is 6.80. The average Bonchev–Trinajstić information content (AvgIpc) is 2.77. The zero-order valence-corrected chi connectivity index (χ0v) is 11.7. The molecular weight excluding hydrogens is 252 g/mol. The molecule has 2 aromatic rings. The van der Waals surface area contributed by atoms with Crippen LogP contribution in [0.25, 0.3) is 0 Å². The normalized spacial score (nSPS) is 14.2. The second kappa shape index (κ2) is 4.67. The Morgan fingerprint density at radius 3 is 2.90 bits per heavy atom. The number of anilines is 2. The van der Waals surface area contributed by atoms with Gasteiger partial charge >= 0.3 is 0 Å². The number of aromatic nitrogens is 2. The van der Waals surface area contributed by atoms with Crippen molar-refractivity contribution in [3.8, 4) is 0 Å². The van der Waals surface area contributed by atoms with Crippen molar-refractivity contribution in [3.63, 3.8) is 0 Å². The molecular formula is C15H18N4O. The van der Waals surface area contributed by atoms with Crippen LogP contribution < -0.4 is 10.6 Å². The molecule has 0 atom stereocenters. The maximum atomic E-state index is 12.6. The Bertz CT molecular complexity index is 675. The van der Waals surface area contributed by atoms with Crippen LogP contribution in [-0.2, 0) is 6.42 Å². The second-order valence-electron chi connectivity index (χ2n) is 5.30. The summed E-state index contributed by atoms with van der Waals surface area (Å²) in [4.78, 5) is 14.4. The lowest BCUT2D eigenvalue weighted by molar-refractivity contribution is 0.0981. The molecule has 0 bridgehead atoms. The van der Waals surface area contributed by atoms with Gasteiger partial charge in [-0.05, 0) is 38.3 Å². The van der Waals surface area contributed by atoms with Crippen molar-refractivity contribution in [2.75, 3.05) is 17.2 Å². The molecule has 0 saturated carbocycles. The van der Waals surface area contributed by atoms with Gasteiger partial charge in [0.25, 0.3) is 5.91 Å². The molecule has 1 aromatic carbocycles. The molecule has 0 aliphatic carbocycles. The number of aryl methyl sites for hydroxylation is 3. The average molecular weight is 270 g/mol. The predicted molar refractivity (Wildman–Crippen MR) is 78.9 cm³/mol. The lowest BCUT2D eigenvalue weighted by atomic mass is 9.99. The first-order valence-electron chi connectivity index (χ1n) is 6.80. The highest BCUT2D eigenvalue weighted by molar-refractivity contribution is 6.08. The third kappa shape index (κ3) is 1.95. The van der Waals surface area contributed by atoms with Gasteiger partial charge in [-0.15, -0.1) is 0 Å². The zero-order valence-electron chi connectivity index (χ0n) is 11.7. The van der Waals surface area contributed by atoms with E-state index >= 15 is 0 Å². The van der Waals surface area contributed by atoms with Crippen molar-refractivity contribution >= 4 is 17.3 Å². The minimum Gasteiger partial charge on any atom is -0.395 e. The number of H-pyrrole nitrogens is 1. The molecule has 1 amide bonds. The summed E-state index contributed by atoms with van der Waals surface area (Å²) in [6, 6.07) is 6.19. The van der Waals surface area contributed by atoms with Crippen LogP contribution in [0.2, 0.25) is 0 Å². The van der Waals surface area contributed by atoms with Crippen molar-refractivity contribution in [3.05, 3.63) is 40.7 Å². The van der Waals surface area contributed by atoms with Gasteiger partial charge in [0.05, 0.1) is 11.4 Å². The molecule has 5 heteroatoms. The smallest absolute Gasteiger partial charge is 0.280 e. The maximum Gasteiger partial charge on any atom is 0.280 e. The number of nitrogens with one attached hydrogen (secondary N) is 1. The van der Waals surface area contributed by atoms with Gasteiger partial charge in [0.2, 0.25) is 0 Å². The van der Waals surface area contributed by atoms with Crippen LogP contribution in [-0.4, -0.2) is 22.6 Å². The Hall–Kier alpha value is -2.30. The Morgan fingerprint density at radius 1 is 1.40 bits per heavy atom. The van der Waals surface area contributed by atoms with E-state index in [4.69, 9.17) is 5.73 Å². The molecule has 1 aliphatic rings. The standard InChI is InChI=1S/C15H18N4O/c1-9-5-6-12-11(8-9)4-3-7-19(12)15(20)14-13(16)10(2)17-18-14/h5-6,8H,3-4,7,16H2,1-2H3,(H,17,18). The number of hydrogen-bond donors (Lipinski definition) is 2. The van der Waals surface area contributed by atoms with Gasteiger partial charge in [-0.3, -0.25) is 9.89 Å². The zero-order chi connectivity index (χ0) is 14.3. The summed E-state index contributed by atoms with van der Waals surface area (Å²) in [5, 5.41) is 6.81. The Kier molecular flexibility index (Phi) is 2.97. The molecule has 2 heterocycles. The van der Waals surface area contributed by atoms with E-state index in [1.54, 1.807) is 4.90 Å². The van der Waals surface area contributed by atoms with Crippen LogP contribution in [0, 0.1) is 13.8 Å². The highest BCUT2D eigenvalue weighted by Gasteiger charge is 2.27. The predicted octanol–water partition coefficient (Wildman–Crippen LogP) is 2.20. The number of rotatable bonds is 1. The van der Waals surface area contributed by atoms with Crippen molar-refractivity contribution in [2.24, 2.45) is 0 Å². The van der Waals surface area contributed by atoms with E-state index in [-0.39, 0.29) is 5.91 Å². The molecule has 0 unspecified atom stereocenters. The number of carbonyl (C=O) groups is 1. The largest absolute Gasteiger partial charge is 0.395 e. The quantitative estimate of drug-likeness (QED) is 0.834. The van der Waals surface area contributed by atoms with Crippen LogP contribution >= 0.6 is 0 Å². The fourth-order valence-electron chi connectivity index (χ4n) is 2.67. The van der Waals surface area contributed by atoms with Crippen molar-refractivity contribution < 1.29 is 4.79 Å². The monoisotopic (exact) mass is 270 g/mol. The van der Waals surface area contributed by atoms with Crippen LogP contribution in [0.4, 0.5) is 11.4 Å². The molecule has 104 valence electrons.